The Morgan fingerprint density at radius 2 is 2.07 bits per heavy atom. The van der Waals surface area contributed by atoms with Gasteiger partial charge in [-0.1, -0.05) is 0 Å². The van der Waals surface area contributed by atoms with Crippen molar-refractivity contribution >= 4 is 27.4 Å². The van der Waals surface area contributed by atoms with Gasteiger partial charge in [-0.15, -0.1) is 0 Å². The highest BCUT2D eigenvalue weighted by Crippen LogP contribution is 2.28. The Labute approximate surface area is 89.2 Å². The molecule has 0 unspecified atom stereocenters. The van der Waals surface area contributed by atoms with Crippen LogP contribution in [0.3, 0.4) is 0 Å². The standard InChI is InChI=1S/C9H8BrNO3/c1-5-3-8(10)9(11(13)14)4-7(5)6(2)12/h3-4H,1-2H3. The first-order valence-corrected chi connectivity index (χ1v) is 4.68. The summed E-state index contributed by atoms with van der Waals surface area (Å²) >= 11 is 3.08. The van der Waals surface area contributed by atoms with Crippen molar-refractivity contribution in [1.82, 2.24) is 0 Å². The zero-order valence-corrected chi connectivity index (χ0v) is 9.29. The van der Waals surface area contributed by atoms with Gasteiger partial charge in [0, 0.05) is 11.6 Å². The summed E-state index contributed by atoms with van der Waals surface area (Å²) < 4.78 is 0.394. The van der Waals surface area contributed by atoms with E-state index in [-0.39, 0.29) is 11.5 Å². The van der Waals surface area contributed by atoms with Gasteiger partial charge in [0.1, 0.15) is 0 Å². The van der Waals surface area contributed by atoms with Gasteiger partial charge in [-0.05, 0) is 41.4 Å². The summed E-state index contributed by atoms with van der Waals surface area (Å²) in [6, 6.07) is 2.87. The quantitative estimate of drug-likeness (QED) is 0.465. The maximum Gasteiger partial charge on any atom is 0.284 e. The minimum atomic E-state index is -0.518. The number of hydrogen-bond donors (Lipinski definition) is 0. The average molecular weight is 258 g/mol. The van der Waals surface area contributed by atoms with Crippen molar-refractivity contribution in [2.45, 2.75) is 13.8 Å². The van der Waals surface area contributed by atoms with Crippen LogP contribution >= 0.6 is 15.9 Å². The Morgan fingerprint density at radius 1 is 1.50 bits per heavy atom. The largest absolute Gasteiger partial charge is 0.294 e. The van der Waals surface area contributed by atoms with Crippen LogP contribution in [0.25, 0.3) is 0 Å². The van der Waals surface area contributed by atoms with Crippen molar-refractivity contribution in [3.63, 3.8) is 0 Å². The van der Waals surface area contributed by atoms with Crippen molar-refractivity contribution < 1.29 is 9.72 Å². The molecule has 0 aliphatic heterocycles. The van der Waals surface area contributed by atoms with Gasteiger partial charge >= 0.3 is 0 Å². The molecule has 0 saturated heterocycles. The van der Waals surface area contributed by atoms with E-state index < -0.39 is 4.92 Å². The van der Waals surface area contributed by atoms with Crippen molar-refractivity contribution in [1.29, 1.82) is 0 Å². The first-order chi connectivity index (χ1) is 6.43. The maximum atomic E-state index is 11.1. The highest BCUT2D eigenvalue weighted by Gasteiger charge is 2.16. The summed E-state index contributed by atoms with van der Waals surface area (Å²) in [6.45, 7) is 3.13. The van der Waals surface area contributed by atoms with Crippen molar-refractivity contribution in [3.05, 3.63) is 37.8 Å². The van der Waals surface area contributed by atoms with E-state index in [1.807, 2.05) is 0 Å². The van der Waals surface area contributed by atoms with Crippen LogP contribution in [0.4, 0.5) is 5.69 Å². The van der Waals surface area contributed by atoms with Crippen LogP contribution in [0.1, 0.15) is 22.8 Å². The first-order valence-electron chi connectivity index (χ1n) is 3.89. The molecule has 4 nitrogen and oxygen atoms in total. The Balaban J connectivity index is 3.42. The van der Waals surface area contributed by atoms with Gasteiger partial charge in [0.25, 0.3) is 5.69 Å². The van der Waals surface area contributed by atoms with Gasteiger partial charge in [0.15, 0.2) is 5.78 Å². The fourth-order valence-electron chi connectivity index (χ4n) is 1.18. The monoisotopic (exact) mass is 257 g/mol. The fraction of sp³-hybridized carbons (Fsp3) is 0.222. The number of carbonyl (C=O) groups excluding carboxylic acids is 1. The minimum Gasteiger partial charge on any atom is -0.294 e. The number of nitro benzene ring substituents is 1. The fourth-order valence-corrected chi connectivity index (χ4v) is 1.78. The molecule has 14 heavy (non-hydrogen) atoms. The highest BCUT2D eigenvalue weighted by molar-refractivity contribution is 9.10. The van der Waals surface area contributed by atoms with E-state index in [2.05, 4.69) is 15.9 Å². The van der Waals surface area contributed by atoms with E-state index in [1.165, 1.54) is 13.0 Å². The molecule has 0 aromatic heterocycles. The lowest BCUT2D eigenvalue weighted by atomic mass is 10.1. The smallest absolute Gasteiger partial charge is 0.284 e. The van der Waals surface area contributed by atoms with Gasteiger partial charge in [-0.2, -0.15) is 0 Å². The van der Waals surface area contributed by atoms with Crippen LogP contribution in [0.5, 0.6) is 0 Å². The van der Waals surface area contributed by atoms with Crippen LogP contribution in [-0.2, 0) is 0 Å². The molecule has 1 rings (SSSR count). The predicted molar refractivity (Wildman–Crippen MR) is 55.5 cm³/mol. The second-order valence-corrected chi connectivity index (χ2v) is 3.79. The van der Waals surface area contributed by atoms with Gasteiger partial charge in [0.2, 0.25) is 0 Å². The number of Topliss-reactive ketones (excluding diaryl/α,β-unsaturated/α-hetero) is 1. The third-order valence-corrected chi connectivity index (χ3v) is 2.50. The zero-order valence-electron chi connectivity index (χ0n) is 7.70. The SMILES string of the molecule is CC(=O)c1cc([N+](=O)[O-])c(Br)cc1C. The molecule has 1 aromatic rings. The van der Waals surface area contributed by atoms with Gasteiger partial charge in [0.05, 0.1) is 9.40 Å². The Bertz CT molecular complexity index is 380. The highest BCUT2D eigenvalue weighted by atomic mass is 79.9. The summed E-state index contributed by atoms with van der Waals surface area (Å²) in [5.41, 5.74) is 1.04. The topological polar surface area (TPSA) is 60.2 Å². The molecule has 0 heterocycles. The lowest BCUT2D eigenvalue weighted by Crippen LogP contribution is -1.99. The number of carbonyl (C=O) groups is 1. The third-order valence-electron chi connectivity index (χ3n) is 1.87. The van der Waals surface area contributed by atoms with Gasteiger partial charge in [-0.25, -0.2) is 0 Å². The molecular formula is C9H8BrNO3. The Hall–Kier alpha value is -1.23. The number of ketones is 1. The Kier molecular flexibility index (Phi) is 3.00. The number of hydrogen-bond acceptors (Lipinski definition) is 3. The average Bonchev–Trinajstić information content (AvgIpc) is 2.02. The molecule has 0 atom stereocenters. The second kappa shape index (κ2) is 3.88. The molecule has 0 radical (unpaired) electrons. The summed E-state index contributed by atoms with van der Waals surface area (Å²) in [5, 5.41) is 10.6. The number of halogens is 1. The van der Waals surface area contributed by atoms with Crippen LogP contribution in [0.15, 0.2) is 16.6 Å². The molecule has 0 amide bonds. The van der Waals surface area contributed by atoms with E-state index in [1.54, 1.807) is 13.0 Å². The van der Waals surface area contributed by atoms with Crippen LogP contribution in [-0.4, -0.2) is 10.7 Å². The predicted octanol–water partition coefficient (Wildman–Crippen LogP) is 2.87. The van der Waals surface area contributed by atoms with E-state index in [9.17, 15) is 14.9 Å². The Morgan fingerprint density at radius 3 is 2.50 bits per heavy atom. The number of nitro groups is 1. The molecule has 0 spiro atoms. The molecule has 0 saturated carbocycles. The second-order valence-electron chi connectivity index (χ2n) is 2.93. The number of nitrogens with zero attached hydrogens (tertiary/aromatic N) is 1. The van der Waals surface area contributed by atoms with Crippen molar-refractivity contribution in [2.24, 2.45) is 0 Å². The number of aryl methyl sites for hydroxylation is 1. The summed E-state index contributed by atoms with van der Waals surface area (Å²) in [4.78, 5) is 21.2. The van der Waals surface area contributed by atoms with Crippen molar-refractivity contribution in [2.75, 3.05) is 0 Å². The molecule has 5 heteroatoms. The van der Waals surface area contributed by atoms with Crippen molar-refractivity contribution in [3.8, 4) is 0 Å². The number of benzene rings is 1. The van der Waals surface area contributed by atoms with Gasteiger partial charge < -0.3 is 0 Å². The molecule has 0 bridgehead atoms. The molecule has 0 aliphatic carbocycles. The normalized spacial score (nSPS) is 9.93. The van der Waals surface area contributed by atoms with Crippen LogP contribution in [0, 0.1) is 17.0 Å². The molecule has 0 N–H and O–H groups in total. The zero-order chi connectivity index (χ0) is 10.9. The third kappa shape index (κ3) is 1.98. The molecule has 0 aliphatic rings. The summed E-state index contributed by atoms with van der Waals surface area (Å²) in [7, 11) is 0. The first kappa shape index (κ1) is 10.8. The lowest BCUT2D eigenvalue weighted by Gasteiger charge is -2.02. The number of rotatable bonds is 2. The molecular weight excluding hydrogens is 250 g/mol. The summed E-state index contributed by atoms with van der Waals surface area (Å²) in [5.74, 6) is -0.168. The van der Waals surface area contributed by atoms with Crippen LogP contribution in [0.2, 0.25) is 0 Å². The maximum absolute atomic E-state index is 11.1. The van der Waals surface area contributed by atoms with Crippen LogP contribution < -0.4 is 0 Å². The lowest BCUT2D eigenvalue weighted by molar-refractivity contribution is -0.385. The van der Waals surface area contributed by atoms with E-state index in [0.717, 1.165) is 5.56 Å². The van der Waals surface area contributed by atoms with E-state index in [0.29, 0.717) is 10.0 Å². The van der Waals surface area contributed by atoms with E-state index >= 15 is 0 Å². The van der Waals surface area contributed by atoms with Gasteiger partial charge in [-0.3, -0.25) is 14.9 Å². The molecule has 0 fully saturated rings. The molecule has 1 aromatic carbocycles. The molecule has 74 valence electrons. The summed E-state index contributed by atoms with van der Waals surface area (Å²) in [6.07, 6.45) is 0. The van der Waals surface area contributed by atoms with E-state index in [4.69, 9.17) is 0 Å². The minimum absolute atomic E-state index is 0.0826.